The summed E-state index contributed by atoms with van der Waals surface area (Å²) in [5.74, 6) is -3.52. The fraction of sp³-hybridized carbons (Fsp3) is 0.333. The van der Waals surface area contributed by atoms with E-state index < -0.39 is 27.1 Å². The lowest BCUT2D eigenvalue weighted by Gasteiger charge is -2.31. The molecule has 0 amide bonds. The summed E-state index contributed by atoms with van der Waals surface area (Å²) in [5, 5.41) is -1.98. The molecule has 0 aromatic heterocycles. The topological polar surface area (TPSA) is 43.4 Å². The summed E-state index contributed by atoms with van der Waals surface area (Å²) in [7, 11) is -4.28. The molecule has 0 radical (unpaired) electrons. The first-order valence-corrected chi connectivity index (χ1v) is 9.32. The van der Waals surface area contributed by atoms with Crippen LogP contribution in [0.25, 0.3) is 0 Å². The average molecular weight is 352 g/mol. The molecule has 0 spiro atoms. The Morgan fingerprint density at radius 3 is 2.12 bits per heavy atom. The number of rotatable bonds is 5. The van der Waals surface area contributed by atoms with Crippen LogP contribution in [-0.4, -0.2) is 27.1 Å². The molecule has 0 bridgehead atoms. The number of alkyl halides is 2. The fourth-order valence-corrected chi connectivity index (χ4v) is 4.92. The number of benzene rings is 2. The van der Waals surface area contributed by atoms with E-state index in [1.165, 1.54) is 36.4 Å². The van der Waals surface area contributed by atoms with E-state index in [2.05, 4.69) is 0 Å². The summed E-state index contributed by atoms with van der Waals surface area (Å²) in [6.45, 7) is 0.229. The second-order valence-electron chi connectivity index (χ2n) is 5.82. The van der Waals surface area contributed by atoms with Crippen molar-refractivity contribution in [1.82, 2.24) is 0 Å². The third-order valence-corrected chi connectivity index (χ3v) is 6.33. The van der Waals surface area contributed by atoms with Crippen molar-refractivity contribution in [3.05, 3.63) is 66.2 Å². The molecule has 3 rings (SSSR count). The van der Waals surface area contributed by atoms with Crippen LogP contribution >= 0.6 is 0 Å². The molecule has 2 aromatic carbocycles. The van der Waals surface area contributed by atoms with Gasteiger partial charge in [0.2, 0.25) is 0 Å². The van der Waals surface area contributed by atoms with E-state index in [4.69, 9.17) is 4.74 Å². The Balaban J connectivity index is 2.13. The monoisotopic (exact) mass is 352 g/mol. The van der Waals surface area contributed by atoms with Gasteiger partial charge in [-0.2, -0.15) is 0 Å². The first kappa shape index (κ1) is 17.0. The first-order chi connectivity index (χ1) is 11.4. The number of sulfone groups is 1. The highest BCUT2D eigenvalue weighted by molar-refractivity contribution is 7.91. The lowest BCUT2D eigenvalue weighted by Crippen LogP contribution is -2.42. The molecule has 24 heavy (non-hydrogen) atoms. The zero-order chi connectivity index (χ0) is 17.2. The van der Waals surface area contributed by atoms with Crippen LogP contribution in [0, 0.1) is 0 Å². The second kappa shape index (κ2) is 6.61. The Kier molecular flexibility index (Phi) is 4.69. The average Bonchev–Trinajstić information content (AvgIpc) is 3.12. The molecular formula is C18H18F2O3S. The van der Waals surface area contributed by atoms with Crippen molar-refractivity contribution >= 4 is 9.84 Å². The quantitative estimate of drug-likeness (QED) is 0.816. The maximum Gasteiger partial charge on any atom is 0.294 e. The third kappa shape index (κ3) is 3.08. The highest BCUT2D eigenvalue weighted by Crippen LogP contribution is 2.46. The zero-order valence-corrected chi connectivity index (χ0v) is 13.8. The van der Waals surface area contributed by atoms with E-state index in [1.807, 2.05) is 0 Å². The maximum atomic E-state index is 15.2. The van der Waals surface area contributed by atoms with Crippen molar-refractivity contribution < 1.29 is 21.9 Å². The van der Waals surface area contributed by atoms with Crippen LogP contribution in [-0.2, 0) is 14.6 Å². The third-order valence-electron chi connectivity index (χ3n) is 4.19. The summed E-state index contributed by atoms with van der Waals surface area (Å²) < 4.78 is 61.5. The largest absolute Gasteiger partial charge is 0.372 e. The van der Waals surface area contributed by atoms with Crippen molar-refractivity contribution in [2.45, 2.75) is 35.0 Å². The Morgan fingerprint density at radius 1 is 1.00 bits per heavy atom. The van der Waals surface area contributed by atoms with Crippen LogP contribution in [0.1, 0.15) is 23.7 Å². The van der Waals surface area contributed by atoms with Gasteiger partial charge >= 0.3 is 0 Å². The highest BCUT2D eigenvalue weighted by Gasteiger charge is 2.55. The van der Waals surface area contributed by atoms with Gasteiger partial charge in [0.1, 0.15) is 6.10 Å². The van der Waals surface area contributed by atoms with E-state index in [0.29, 0.717) is 6.42 Å². The molecule has 1 saturated heterocycles. The fourth-order valence-electron chi connectivity index (χ4n) is 3.03. The molecule has 6 heteroatoms. The van der Waals surface area contributed by atoms with Gasteiger partial charge in [0.15, 0.2) is 15.1 Å². The minimum absolute atomic E-state index is 0.0712. The van der Waals surface area contributed by atoms with Crippen LogP contribution in [0.2, 0.25) is 0 Å². The molecule has 1 aliphatic rings. The van der Waals surface area contributed by atoms with Crippen molar-refractivity contribution in [3.8, 4) is 0 Å². The molecular weight excluding hydrogens is 334 g/mol. The summed E-state index contributed by atoms with van der Waals surface area (Å²) in [5.41, 5.74) is 0.0712. The Labute approximate surface area is 140 Å². The van der Waals surface area contributed by atoms with Gasteiger partial charge in [0.25, 0.3) is 5.92 Å². The standard InChI is InChI=1S/C18H18F2O3S/c19-18(20,16-12-7-13-23-16)17(14-8-3-1-4-9-14)24(21,22)15-10-5-2-6-11-15/h1-6,8-11,16-17H,7,12-13H2. The van der Waals surface area contributed by atoms with Gasteiger partial charge in [-0.1, -0.05) is 48.5 Å². The molecule has 0 N–H and O–H groups in total. The number of ether oxygens (including phenoxy) is 1. The minimum atomic E-state index is -4.28. The summed E-state index contributed by atoms with van der Waals surface area (Å²) >= 11 is 0. The van der Waals surface area contributed by atoms with Crippen molar-refractivity contribution in [2.24, 2.45) is 0 Å². The Hall–Kier alpha value is -1.79. The van der Waals surface area contributed by atoms with E-state index in [-0.39, 0.29) is 23.5 Å². The predicted molar refractivity (Wildman–Crippen MR) is 86.7 cm³/mol. The SMILES string of the molecule is O=S(=O)(c1ccccc1)C(c1ccccc1)C(F)(F)C1CCCO1. The van der Waals surface area contributed by atoms with Crippen LogP contribution in [0.5, 0.6) is 0 Å². The second-order valence-corrected chi connectivity index (χ2v) is 7.86. The van der Waals surface area contributed by atoms with Gasteiger partial charge < -0.3 is 4.74 Å². The number of halogens is 2. The first-order valence-electron chi connectivity index (χ1n) is 7.77. The Morgan fingerprint density at radius 2 is 1.58 bits per heavy atom. The normalized spacial score (nSPS) is 20.0. The lowest BCUT2D eigenvalue weighted by atomic mass is 10.0. The van der Waals surface area contributed by atoms with E-state index in [9.17, 15) is 8.42 Å². The molecule has 2 atom stereocenters. The zero-order valence-electron chi connectivity index (χ0n) is 12.9. The van der Waals surface area contributed by atoms with Gasteiger partial charge in [-0.05, 0) is 30.5 Å². The van der Waals surface area contributed by atoms with Crippen LogP contribution in [0.3, 0.4) is 0 Å². The number of hydrogen-bond donors (Lipinski definition) is 0. The maximum absolute atomic E-state index is 15.2. The predicted octanol–water partition coefficient (Wildman–Crippen LogP) is 4.02. The molecule has 1 heterocycles. The van der Waals surface area contributed by atoms with Crippen molar-refractivity contribution in [2.75, 3.05) is 6.61 Å². The summed E-state index contributed by atoms with van der Waals surface area (Å²) in [6, 6.07) is 15.0. The van der Waals surface area contributed by atoms with Gasteiger partial charge in [-0.15, -0.1) is 0 Å². The molecule has 0 saturated carbocycles. The Bertz CT molecular complexity index is 770. The molecule has 0 aliphatic carbocycles. The molecule has 2 aromatic rings. The number of hydrogen-bond acceptors (Lipinski definition) is 3. The van der Waals surface area contributed by atoms with Crippen LogP contribution < -0.4 is 0 Å². The highest BCUT2D eigenvalue weighted by atomic mass is 32.2. The molecule has 128 valence electrons. The van der Waals surface area contributed by atoms with Gasteiger partial charge in [0.05, 0.1) is 4.90 Å². The van der Waals surface area contributed by atoms with E-state index in [0.717, 1.165) is 0 Å². The van der Waals surface area contributed by atoms with Crippen molar-refractivity contribution in [1.29, 1.82) is 0 Å². The lowest BCUT2D eigenvalue weighted by molar-refractivity contribution is -0.118. The van der Waals surface area contributed by atoms with Gasteiger partial charge in [0, 0.05) is 6.61 Å². The van der Waals surface area contributed by atoms with Gasteiger partial charge in [-0.25, -0.2) is 17.2 Å². The molecule has 2 unspecified atom stereocenters. The van der Waals surface area contributed by atoms with E-state index in [1.54, 1.807) is 24.3 Å². The van der Waals surface area contributed by atoms with Gasteiger partial charge in [-0.3, -0.25) is 0 Å². The summed E-state index contributed by atoms with van der Waals surface area (Å²) in [4.78, 5) is -0.114. The van der Waals surface area contributed by atoms with Crippen LogP contribution in [0.15, 0.2) is 65.6 Å². The molecule has 1 aliphatic heterocycles. The minimum Gasteiger partial charge on any atom is -0.372 e. The van der Waals surface area contributed by atoms with Crippen LogP contribution in [0.4, 0.5) is 8.78 Å². The molecule has 1 fully saturated rings. The van der Waals surface area contributed by atoms with E-state index >= 15 is 8.78 Å². The van der Waals surface area contributed by atoms with Crippen molar-refractivity contribution in [3.63, 3.8) is 0 Å². The molecule has 3 nitrogen and oxygen atoms in total. The smallest absolute Gasteiger partial charge is 0.294 e. The summed E-state index contributed by atoms with van der Waals surface area (Å²) in [6.07, 6.45) is -0.727.